The molecule has 0 saturated carbocycles. The Morgan fingerprint density at radius 2 is 2.36 bits per heavy atom. The molecule has 0 radical (unpaired) electrons. The third-order valence-electron chi connectivity index (χ3n) is 1.87. The number of hydrogen-bond donors (Lipinski definition) is 1. The van der Waals surface area contributed by atoms with Crippen LogP contribution in [0.5, 0.6) is 0 Å². The molecule has 74 valence electrons. The van der Waals surface area contributed by atoms with Crippen molar-refractivity contribution in [2.24, 2.45) is 4.99 Å². The van der Waals surface area contributed by atoms with Gasteiger partial charge in [0.25, 0.3) is 0 Å². The fraction of sp³-hybridized carbons (Fsp3) is 0.300. The van der Waals surface area contributed by atoms with Gasteiger partial charge in [0.05, 0.1) is 0 Å². The van der Waals surface area contributed by atoms with E-state index in [0.29, 0.717) is 0 Å². The van der Waals surface area contributed by atoms with Gasteiger partial charge in [-0.1, -0.05) is 29.4 Å². The van der Waals surface area contributed by atoms with Crippen LogP contribution in [0, 0.1) is 0 Å². The molecule has 0 aromatic heterocycles. The van der Waals surface area contributed by atoms with E-state index in [1.54, 1.807) is 11.8 Å². The number of nitrogens with zero attached hydrogens (tertiary/aromatic N) is 1. The van der Waals surface area contributed by atoms with Gasteiger partial charge in [0, 0.05) is 23.0 Å². The van der Waals surface area contributed by atoms with Crippen molar-refractivity contribution in [2.75, 3.05) is 17.6 Å². The van der Waals surface area contributed by atoms with Gasteiger partial charge in [0.2, 0.25) is 0 Å². The zero-order valence-corrected chi connectivity index (χ0v) is 9.24. The van der Waals surface area contributed by atoms with Crippen molar-refractivity contribution in [3.8, 4) is 0 Å². The molecule has 0 aliphatic carbocycles. The average Bonchev–Trinajstić information content (AvgIpc) is 2.19. The molecule has 0 fully saturated rings. The average molecular weight is 227 g/mol. The minimum Gasteiger partial charge on any atom is -0.335 e. The summed E-state index contributed by atoms with van der Waals surface area (Å²) < 4.78 is 0. The van der Waals surface area contributed by atoms with Gasteiger partial charge in [0.15, 0.2) is 5.17 Å². The molecule has 1 aromatic rings. The van der Waals surface area contributed by atoms with Crippen molar-refractivity contribution >= 4 is 34.2 Å². The highest BCUT2D eigenvalue weighted by Gasteiger charge is 2.05. The quantitative estimate of drug-likeness (QED) is 0.795. The van der Waals surface area contributed by atoms with E-state index in [4.69, 9.17) is 11.6 Å². The molecule has 2 rings (SSSR count). The number of hydrogen-bond acceptors (Lipinski definition) is 3. The number of nitrogens with one attached hydrogen (secondary N) is 1. The largest absolute Gasteiger partial charge is 0.335 e. The van der Waals surface area contributed by atoms with Crippen LogP contribution in [0.1, 0.15) is 6.42 Å². The second kappa shape index (κ2) is 4.71. The SMILES string of the molecule is Clc1cccc(NC2=NCCCS2)c1. The van der Waals surface area contributed by atoms with E-state index in [1.165, 1.54) is 6.42 Å². The predicted molar refractivity (Wildman–Crippen MR) is 64.5 cm³/mol. The lowest BCUT2D eigenvalue weighted by Gasteiger charge is -2.13. The second-order valence-electron chi connectivity index (χ2n) is 3.02. The van der Waals surface area contributed by atoms with Gasteiger partial charge in [-0.2, -0.15) is 0 Å². The van der Waals surface area contributed by atoms with E-state index in [9.17, 15) is 0 Å². The fourth-order valence-corrected chi connectivity index (χ4v) is 2.25. The Morgan fingerprint density at radius 1 is 1.43 bits per heavy atom. The van der Waals surface area contributed by atoms with Crippen LogP contribution >= 0.6 is 23.4 Å². The van der Waals surface area contributed by atoms with Crippen molar-refractivity contribution < 1.29 is 0 Å². The van der Waals surface area contributed by atoms with Crippen LogP contribution in [-0.4, -0.2) is 17.5 Å². The fourth-order valence-electron chi connectivity index (χ4n) is 1.22. The molecule has 1 N–H and O–H groups in total. The Labute approximate surface area is 92.8 Å². The third kappa shape index (κ3) is 2.66. The maximum absolute atomic E-state index is 5.88. The van der Waals surface area contributed by atoms with E-state index in [1.807, 2.05) is 24.3 Å². The standard InChI is InChI=1S/C10H11ClN2S/c11-8-3-1-4-9(7-8)13-10-12-5-2-6-14-10/h1,3-4,7H,2,5-6H2,(H,12,13). The van der Waals surface area contributed by atoms with Gasteiger partial charge < -0.3 is 5.32 Å². The third-order valence-corrected chi connectivity index (χ3v) is 3.11. The van der Waals surface area contributed by atoms with Crippen LogP contribution in [0.25, 0.3) is 0 Å². The molecule has 0 bridgehead atoms. The molecule has 0 spiro atoms. The van der Waals surface area contributed by atoms with Crippen LogP contribution in [0.15, 0.2) is 29.3 Å². The van der Waals surface area contributed by atoms with Crippen LogP contribution < -0.4 is 5.32 Å². The second-order valence-corrected chi connectivity index (χ2v) is 4.54. The first-order valence-corrected chi connectivity index (χ1v) is 5.91. The minimum absolute atomic E-state index is 0.747. The van der Waals surface area contributed by atoms with Gasteiger partial charge in [0.1, 0.15) is 0 Å². The van der Waals surface area contributed by atoms with Gasteiger partial charge in [-0.15, -0.1) is 0 Å². The topological polar surface area (TPSA) is 24.4 Å². The maximum atomic E-state index is 5.88. The summed E-state index contributed by atoms with van der Waals surface area (Å²) in [5.74, 6) is 1.15. The number of aliphatic imine (C=N–C) groups is 1. The zero-order valence-electron chi connectivity index (χ0n) is 7.66. The van der Waals surface area contributed by atoms with Crippen LogP contribution in [0.4, 0.5) is 5.69 Å². The van der Waals surface area contributed by atoms with E-state index in [-0.39, 0.29) is 0 Å². The zero-order chi connectivity index (χ0) is 9.80. The molecule has 1 heterocycles. The smallest absolute Gasteiger partial charge is 0.161 e. The summed E-state index contributed by atoms with van der Waals surface area (Å²) in [6.07, 6.45) is 1.17. The first-order valence-electron chi connectivity index (χ1n) is 4.54. The molecule has 14 heavy (non-hydrogen) atoms. The first-order chi connectivity index (χ1) is 6.84. The molecule has 1 aliphatic rings. The molecule has 1 aliphatic heterocycles. The molecule has 2 nitrogen and oxygen atoms in total. The summed E-state index contributed by atoms with van der Waals surface area (Å²) in [6.45, 7) is 0.926. The molecule has 1 aromatic carbocycles. The normalized spacial score (nSPS) is 16.2. The number of thioether (sulfide) groups is 1. The van der Waals surface area contributed by atoms with Crippen molar-refractivity contribution in [2.45, 2.75) is 6.42 Å². The van der Waals surface area contributed by atoms with Crippen LogP contribution in [0.2, 0.25) is 5.02 Å². The Bertz CT molecular complexity index is 352. The minimum atomic E-state index is 0.747. The summed E-state index contributed by atoms with van der Waals surface area (Å²) in [4.78, 5) is 4.38. The molecule has 0 unspecified atom stereocenters. The Hall–Kier alpha value is -0.670. The highest BCUT2D eigenvalue weighted by molar-refractivity contribution is 8.14. The summed E-state index contributed by atoms with van der Waals surface area (Å²) in [6, 6.07) is 7.68. The van der Waals surface area contributed by atoms with Gasteiger partial charge in [-0.25, -0.2) is 0 Å². The van der Waals surface area contributed by atoms with Crippen molar-refractivity contribution in [3.05, 3.63) is 29.3 Å². The van der Waals surface area contributed by atoms with Gasteiger partial charge >= 0.3 is 0 Å². The van der Waals surface area contributed by atoms with Crippen LogP contribution in [-0.2, 0) is 0 Å². The number of halogens is 1. The Kier molecular flexibility index (Phi) is 3.32. The van der Waals surface area contributed by atoms with E-state index >= 15 is 0 Å². The predicted octanol–water partition coefficient (Wildman–Crippen LogP) is 3.24. The molecular weight excluding hydrogens is 216 g/mol. The molecule has 4 heteroatoms. The summed E-state index contributed by atoms with van der Waals surface area (Å²) >= 11 is 7.64. The first kappa shape index (κ1) is 9.87. The number of anilines is 1. The summed E-state index contributed by atoms with van der Waals surface area (Å²) in [5.41, 5.74) is 1.01. The number of benzene rings is 1. The lowest BCUT2D eigenvalue weighted by molar-refractivity contribution is 0.938. The molecule has 0 atom stereocenters. The van der Waals surface area contributed by atoms with Crippen molar-refractivity contribution in [1.82, 2.24) is 0 Å². The van der Waals surface area contributed by atoms with Gasteiger partial charge in [-0.3, -0.25) is 4.99 Å². The molecule has 0 saturated heterocycles. The molecular formula is C10H11ClN2S. The van der Waals surface area contributed by atoms with E-state index < -0.39 is 0 Å². The lowest BCUT2D eigenvalue weighted by atomic mass is 10.3. The van der Waals surface area contributed by atoms with Crippen molar-refractivity contribution in [1.29, 1.82) is 0 Å². The monoisotopic (exact) mass is 226 g/mol. The van der Waals surface area contributed by atoms with Gasteiger partial charge in [-0.05, 0) is 24.6 Å². The van der Waals surface area contributed by atoms with Crippen LogP contribution in [0.3, 0.4) is 0 Å². The highest BCUT2D eigenvalue weighted by Crippen LogP contribution is 2.18. The van der Waals surface area contributed by atoms with E-state index in [2.05, 4.69) is 10.3 Å². The number of rotatable bonds is 1. The summed E-state index contributed by atoms with van der Waals surface area (Å²) in [7, 11) is 0. The van der Waals surface area contributed by atoms with Crippen molar-refractivity contribution in [3.63, 3.8) is 0 Å². The highest BCUT2D eigenvalue weighted by atomic mass is 35.5. The van der Waals surface area contributed by atoms with E-state index in [0.717, 1.165) is 28.2 Å². The Morgan fingerprint density at radius 3 is 3.07 bits per heavy atom. The summed E-state index contributed by atoms with van der Waals surface area (Å²) in [5, 5.41) is 5.00. The lowest BCUT2D eigenvalue weighted by Crippen LogP contribution is -2.13. The molecule has 0 amide bonds. The maximum Gasteiger partial charge on any atom is 0.161 e. The number of amidine groups is 1. The Balaban J connectivity index is 2.06.